The van der Waals surface area contributed by atoms with Gasteiger partial charge >= 0.3 is 0 Å². The van der Waals surface area contributed by atoms with Gasteiger partial charge in [0, 0.05) is 22.7 Å². The first-order valence-electron chi connectivity index (χ1n) is 5.84. The second-order valence-corrected chi connectivity index (χ2v) is 4.51. The minimum absolute atomic E-state index is 0. The van der Waals surface area contributed by atoms with E-state index >= 15 is 0 Å². The smallest absolute Gasteiger partial charge is 0.258 e. The number of rotatable bonds is 3. The molecule has 0 atom stereocenters. The summed E-state index contributed by atoms with van der Waals surface area (Å²) in [7, 11) is 0. The van der Waals surface area contributed by atoms with Crippen molar-refractivity contribution in [2.45, 2.75) is 6.54 Å². The van der Waals surface area contributed by atoms with Crippen molar-refractivity contribution in [3.63, 3.8) is 0 Å². The van der Waals surface area contributed by atoms with Crippen LogP contribution in [0.3, 0.4) is 0 Å². The van der Waals surface area contributed by atoms with Gasteiger partial charge in [-0.1, -0.05) is 28.9 Å². The van der Waals surface area contributed by atoms with Gasteiger partial charge in [0.05, 0.1) is 0 Å². The van der Waals surface area contributed by atoms with E-state index in [-0.39, 0.29) is 12.4 Å². The number of benzene rings is 1. The molecule has 6 heteroatoms. The number of hydrogen-bond donors (Lipinski definition) is 0. The third-order valence-electron chi connectivity index (χ3n) is 2.64. The standard InChI is InChI=1S/C14H11ClN3O.ClH/c15-12-6-4-5-11(9-12)14-16-13(17-19-14)10-18-7-2-1-3-8-18;/h1-9H,10H2;1H/q+1;/p-1. The summed E-state index contributed by atoms with van der Waals surface area (Å²) in [5, 5.41) is 4.62. The molecule has 2 aromatic heterocycles. The highest BCUT2D eigenvalue weighted by Gasteiger charge is 2.12. The Kier molecular flexibility index (Phi) is 4.71. The molecule has 0 saturated heterocycles. The van der Waals surface area contributed by atoms with Crippen molar-refractivity contribution in [2.24, 2.45) is 0 Å². The summed E-state index contributed by atoms with van der Waals surface area (Å²) >= 11 is 5.94. The van der Waals surface area contributed by atoms with Crippen molar-refractivity contribution in [1.82, 2.24) is 10.1 Å². The lowest BCUT2D eigenvalue weighted by Gasteiger charge is -1.93. The maximum atomic E-state index is 5.94. The van der Waals surface area contributed by atoms with Gasteiger partial charge in [-0.2, -0.15) is 9.55 Å². The summed E-state index contributed by atoms with van der Waals surface area (Å²) in [4.78, 5) is 4.36. The summed E-state index contributed by atoms with van der Waals surface area (Å²) in [6, 6.07) is 13.2. The SMILES string of the molecule is Clc1cccc(-c2nc(C[n+]3ccccc3)no2)c1.[Cl-]. The molecule has 3 aromatic rings. The Morgan fingerprint density at radius 3 is 2.65 bits per heavy atom. The molecule has 0 aliphatic rings. The molecule has 4 nitrogen and oxygen atoms in total. The topological polar surface area (TPSA) is 42.8 Å². The minimum Gasteiger partial charge on any atom is -1.00 e. The van der Waals surface area contributed by atoms with Crippen LogP contribution in [0.15, 0.2) is 59.4 Å². The van der Waals surface area contributed by atoms with E-state index in [0.717, 1.165) is 5.56 Å². The Balaban J connectivity index is 0.00000147. The first-order chi connectivity index (χ1) is 9.31. The largest absolute Gasteiger partial charge is 1.00 e. The molecule has 0 aliphatic carbocycles. The molecule has 0 aliphatic heterocycles. The van der Waals surface area contributed by atoms with E-state index in [0.29, 0.717) is 23.3 Å². The van der Waals surface area contributed by atoms with Gasteiger partial charge in [0.2, 0.25) is 12.4 Å². The van der Waals surface area contributed by atoms with Crippen molar-refractivity contribution in [1.29, 1.82) is 0 Å². The summed E-state index contributed by atoms with van der Waals surface area (Å²) in [5.41, 5.74) is 0.823. The zero-order valence-electron chi connectivity index (χ0n) is 10.4. The summed E-state index contributed by atoms with van der Waals surface area (Å²) in [6.07, 6.45) is 3.91. The lowest BCUT2D eigenvalue weighted by atomic mass is 10.2. The quantitative estimate of drug-likeness (QED) is 0.626. The van der Waals surface area contributed by atoms with Gasteiger partial charge in [-0.05, 0) is 18.2 Å². The summed E-state index contributed by atoms with van der Waals surface area (Å²) in [6.45, 7) is 0.574. The third-order valence-corrected chi connectivity index (χ3v) is 2.88. The summed E-state index contributed by atoms with van der Waals surface area (Å²) < 4.78 is 7.22. The van der Waals surface area contributed by atoms with Crippen LogP contribution in [0.25, 0.3) is 11.5 Å². The normalized spacial score (nSPS) is 10.1. The second kappa shape index (κ2) is 6.50. The van der Waals surface area contributed by atoms with Crippen LogP contribution in [0.2, 0.25) is 5.02 Å². The average molecular weight is 308 g/mol. The minimum atomic E-state index is 0. The highest BCUT2D eigenvalue weighted by atomic mass is 35.5. The number of hydrogen-bond acceptors (Lipinski definition) is 3. The van der Waals surface area contributed by atoms with Gasteiger partial charge < -0.3 is 16.9 Å². The Labute approximate surface area is 127 Å². The van der Waals surface area contributed by atoms with Crippen molar-refractivity contribution in [3.8, 4) is 11.5 Å². The Morgan fingerprint density at radius 1 is 1.10 bits per heavy atom. The highest BCUT2D eigenvalue weighted by molar-refractivity contribution is 6.30. The van der Waals surface area contributed by atoms with Crippen LogP contribution in [0, 0.1) is 0 Å². The van der Waals surface area contributed by atoms with E-state index in [1.807, 2.05) is 53.4 Å². The van der Waals surface area contributed by atoms with Gasteiger partial charge in [0.25, 0.3) is 5.89 Å². The number of halogens is 2. The number of pyridine rings is 1. The lowest BCUT2D eigenvalue weighted by molar-refractivity contribution is -0.689. The maximum Gasteiger partial charge on any atom is 0.258 e. The molecule has 0 saturated carbocycles. The number of nitrogens with zero attached hydrogens (tertiary/aromatic N) is 3. The predicted octanol–water partition coefficient (Wildman–Crippen LogP) is -0.270. The molecule has 2 heterocycles. The van der Waals surface area contributed by atoms with E-state index in [1.54, 1.807) is 6.07 Å². The highest BCUT2D eigenvalue weighted by Crippen LogP contribution is 2.20. The van der Waals surface area contributed by atoms with Crippen LogP contribution < -0.4 is 17.0 Å². The van der Waals surface area contributed by atoms with Crippen LogP contribution in [-0.4, -0.2) is 10.1 Å². The molecule has 0 N–H and O–H groups in total. The molecular weight excluding hydrogens is 297 g/mol. The van der Waals surface area contributed by atoms with Gasteiger partial charge in [-0.25, -0.2) is 0 Å². The van der Waals surface area contributed by atoms with E-state index < -0.39 is 0 Å². The van der Waals surface area contributed by atoms with Crippen molar-refractivity contribution < 1.29 is 21.5 Å². The number of aromatic nitrogens is 3. The average Bonchev–Trinajstić information content (AvgIpc) is 2.88. The van der Waals surface area contributed by atoms with Crippen LogP contribution in [0.1, 0.15) is 5.82 Å². The van der Waals surface area contributed by atoms with Crippen LogP contribution in [0.4, 0.5) is 0 Å². The fourth-order valence-corrected chi connectivity index (χ4v) is 1.95. The second-order valence-electron chi connectivity index (χ2n) is 4.07. The molecule has 20 heavy (non-hydrogen) atoms. The molecule has 0 unspecified atom stereocenters. The van der Waals surface area contributed by atoms with E-state index in [9.17, 15) is 0 Å². The lowest BCUT2D eigenvalue weighted by Crippen LogP contribution is -3.00. The first kappa shape index (κ1) is 14.5. The Morgan fingerprint density at radius 2 is 1.90 bits per heavy atom. The van der Waals surface area contributed by atoms with Gasteiger partial charge in [0.1, 0.15) is 0 Å². The predicted molar refractivity (Wildman–Crippen MR) is 70.5 cm³/mol. The molecule has 3 rings (SSSR count). The molecule has 0 fully saturated rings. The monoisotopic (exact) mass is 307 g/mol. The molecule has 0 bridgehead atoms. The Bertz CT molecular complexity index is 686. The summed E-state index contributed by atoms with van der Waals surface area (Å²) in [5.74, 6) is 1.11. The first-order valence-corrected chi connectivity index (χ1v) is 6.22. The maximum absolute atomic E-state index is 5.94. The van der Waals surface area contributed by atoms with E-state index in [4.69, 9.17) is 16.1 Å². The van der Waals surface area contributed by atoms with Crippen molar-refractivity contribution in [2.75, 3.05) is 0 Å². The zero-order valence-corrected chi connectivity index (χ0v) is 11.9. The molecule has 1 aromatic carbocycles. The van der Waals surface area contributed by atoms with Crippen LogP contribution in [0.5, 0.6) is 0 Å². The van der Waals surface area contributed by atoms with E-state index in [2.05, 4.69) is 10.1 Å². The van der Waals surface area contributed by atoms with Crippen LogP contribution in [-0.2, 0) is 6.54 Å². The fourth-order valence-electron chi connectivity index (χ4n) is 1.76. The van der Waals surface area contributed by atoms with Gasteiger partial charge in [0.15, 0.2) is 12.4 Å². The van der Waals surface area contributed by atoms with Gasteiger partial charge in [-0.3, -0.25) is 0 Å². The molecular formula is C14H11Cl2N3O. The molecule has 0 amide bonds. The Hall–Kier alpha value is -1.91. The van der Waals surface area contributed by atoms with Crippen molar-refractivity contribution >= 4 is 11.6 Å². The molecule has 102 valence electrons. The van der Waals surface area contributed by atoms with Crippen LogP contribution >= 0.6 is 11.6 Å². The van der Waals surface area contributed by atoms with E-state index in [1.165, 1.54) is 0 Å². The zero-order chi connectivity index (χ0) is 13.1. The third kappa shape index (κ3) is 3.35. The van der Waals surface area contributed by atoms with Crippen molar-refractivity contribution in [3.05, 3.63) is 65.7 Å². The fraction of sp³-hybridized carbons (Fsp3) is 0.0714. The molecule has 0 spiro atoms. The van der Waals surface area contributed by atoms with Gasteiger partial charge in [-0.15, -0.1) is 0 Å². The molecule has 0 radical (unpaired) electrons.